The molecule has 2 aromatic heterocycles. The number of rotatable bonds is 3. The molecule has 5 heteroatoms. The summed E-state index contributed by atoms with van der Waals surface area (Å²) in [5, 5.41) is 3.09. The molecule has 1 N–H and O–H groups in total. The van der Waals surface area contributed by atoms with Gasteiger partial charge in [-0.1, -0.05) is 0 Å². The highest BCUT2D eigenvalue weighted by molar-refractivity contribution is 5.36. The van der Waals surface area contributed by atoms with E-state index < -0.39 is 0 Å². The topological polar surface area (TPSA) is 50.7 Å². The Morgan fingerprint density at radius 3 is 2.76 bits per heavy atom. The van der Waals surface area contributed by atoms with Gasteiger partial charge in [0, 0.05) is 12.4 Å². The quantitative estimate of drug-likeness (QED) is 0.883. The normalized spacial score (nSPS) is 12.2. The third-order valence-corrected chi connectivity index (χ3v) is 2.34. The highest BCUT2D eigenvalue weighted by atomic mass is 19.1. The molecule has 0 aromatic carbocycles. The van der Waals surface area contributed by atoms with Gasteiger partial charge in [-0.2, -0.15) is 0 Å². The van der Waals surface area contributed by atoms with E-state index in [9.17, 15) is 4.39 Å². The van der Waals surface area contributed by atoms with E-state index in [1.807, 2.05) is 6.92 Å². The van der Waals surface area contributed by atoms with E-state index in [0.717, 1.165) is 0 Å². The van der Waals surface area contributed by atoms with E-state index in [1.54, 1.807) is 31.5 Å². The predicted molar refractivity (Wildman–Crippen MR) is 63.0 cm³/mol. The molecule has 2 heterocycles. The second-order valence-corrected chi connectivity index (χ2v) is 3.73. The first-order chi connectivity index (χ1) is 8.16. The first kappa shape index (κ1) is 11.4. The van der Waals surface area contributed by atoms with Gasteiger partial charge in [0.15, 0.2) is 0 Å². The van der Waals surface area contributed by atoms with E-state index in [1.165, 1.54) is 6.07 Å². The maximum Gasteiger partial charge on any atom is 0.146 e. The van der Waals surface area contributed by atoms with Crippen molar-refractivity contribution in [3.63, 3.8) is 0 Å². The fourth-order valence-corrected chi connectivity index (χ4v) is 1.54. The average Bonchev–Trinajstić information content (AvgIpc) is 2.29. The molecule has 0 saturated heterocycles. The highest BCUT2D eigenvalue weighted by Crippen LogP contribution is 2.17. The van der Waals surface area contributed by atoms with Crippen LogP contribution >= 0.6 is 0 Å². The van der Waals surface area contributed by atoms with Crippen LogP contribution in [0.4, 0.5) is 10.2 Å². The van der Waals surface area contributed by atoms with Crippen LogP contribution in [0.25, 0.3) is 0 Å². The van der Waals surface area contributed by atoms with Crippen molar-refractivity contribution in [3.8, 4) is 0 Å². The van der Waals surface area contributed by atoms with Crippen molar-refractivity contribution >= 4 is 5.82 Å². The van der Waals surface area contributed by atoms with E-state index in [2.05, 4.69) is 20.3 Å². The molecule has 0 unspecified atom stereocenters. The lowest BCUT2D eigenvalue weighted by Gasteiger charge is -2.14. The maximum absolute atomic E-state index is 13.5. The van der Waals surface area contributed by atoms with Crippen LogP contribution in [0.1, 0.15) is 24.5 Å². The molecule has 0 spiro atoms. The Labute approximate surface area is 99.0 Å². The van der Waals surface area contributed by atoms with Gasteiger partial charge in [0.05, 0.1) is 11.7 Å². The van der Waals surface area contributed by atoms with Crippen LogP contribution in [0.5, 0.6) is 0 Å². The number of hydrogen-bond donors (Lipinski definition) is 1. The first-order valence-electron chi connectivity index (χ1n) is 5.33. The summed E-state index contributed by atoms with van der Waals surface area (Å²) in [7, 11) is 0. The van der Waals surface area contributed by atoms with Crippen LogP contribution in [-0.4, -0.2) is 15.0 Å². The third-order valence-electron chi connectivity index (χ3n) is 2.34. The van der Waals surface area contributed by atoms with Crippen LogP contribution < -0.4 is 5.32 Å². The van der Waals surface area contributed by atoms with Crippen molar-refractivity contribution in [2.75, 3.05) is 5.32 Å². The van der Waals surface area contributed by atoms with Gasteiger partial charge in [-0.3, -0.25) is 4.98 Å². The summed E-state index contributed by atoms with van der Waals surface area (Å²) in [6.07, 6.45) is 3.23. The molecule has 0 saturated carbocycles. The summed E-state index contributed by atoms with van der Waals surface area (Å²) in [5.41, 5.74) is 0.378. The number of nitrogens with zero attached hydrogens (tertiary/aromatic N) is 3. The molecule has 88 valence electrons. The van der Waals surface area contributed by atoms with Crippen molar-refractivity contribution in [3.05, 3.63) is 47.9 Å². The third kappa shape index (κ3) is 2.75. The number of aryl methyl sites for hydroxylation is 1. The zero-order valence-corrected chi connectivity index (χ0v) is 9.68. The molecule has 2 rings (SSSR count). The Balaban J connectivity index is 2.17. The Hall–Kier alpha value is -2.04. The Kier molecular flexibility index (Phi) is 3.27. The van der Waals surface area contributed by atoms with Crippen LogP contribution in [0, 0.1) is 12.7 Å². The standard InChI is InChI=1S/C12H13FN4/c1-8(12-10(13)4-3-6-15-12)16-11-5-7-14-9(2)17-11/h3-8H,1-2H3,(H,14,16,17)/t8-/m1/s1. The summed E-state index contributed by atoms with van der Waals surface area (Å²) in [5.74, 6) is 1.01. The van der Waals surface area contributed by atoms with Crippen LogP contribution in [0.15, 0.2) is 30.6 Å². The maximum atomic E-state index is 13.5. The molecule has 0 aliphatic rings. The molecule has 0 fully saturated rings. The van der Waals surface area contributed by atoms with Gasteiger partial charge >= 0.3 is 0 Å². The minimum Gasteiger partial charge on any atom is -0.362 e. The monoisotopic (exact) mass is 232 g/mol. The molecular formula is C12H13FN4. The van der Waals surface area contributed by atoms with Crippen molar-refractivity contribution in [2.24, 2.45) is 0 Å². The first-order valence-corrected chi connectivity index (χ1v) is 5.33. The molecule has 0 aliphatic carbocycles. The molecular weight excluding hydrogens is 219 g/mol. The van der Waals surface area contributed by atoms with Crippen LogP contribution in [0.3, 0.4) is 0 Å². The number of hydrogen-bond acceptors (Lipinski definition) is 4. The van der Waals surface area contributed by atoms with Gasteiger partial charge < -0.3 is 5.32 Å². The Morgan fingerprint density at radius 1 is 1.24 bits per heavy atom. The second-order valence-electron chi connectivity index (χ2n) is 3.73. The van der Waals surface area contributed by atoms with Crippen molar-refractivity contribution < 1.29 is 4.39 Å². The zero-order valence-electron chi connectivity index (χ0n) is 9.68. The Bertz CT molecular complexity index is 515. The summed E-state index contributed by atoms with van der Waals surface area (Å²) < 4.78 is 13.5. The number of aromatic nitrogens is 3. The zero-order chi connectivity index (χ0) is 12.3. The van der Waals surface area contributed by atoms with Gasteiger partial charge in [-0.05, 0) is 32.0 Å². The number of nitrogens with one attached hydrogen (secondary N) is 1. The van der Waals surface area contributed by atoms with Crippen molar-refractivity contribution in [2.45, 2.75) is 19.9 Å². The van der Waals surface area contributed by atoms with E-state index in [0.29, 0.717) is 17.3 Å². The molecule has 0 amide bonds. The molecule has 0 aliphatic heterocycles. The van der Waals surface area contributed by atoms with Gasteiger partial charge in [-0.25, -0.2) is 14.4 Å². The lowest BCUT2D eigenvalue weighted by molar-refractivity contribution is 0.586. The van der Waals surface area contributed by atoms with E-state index in [4.69, 9.17) is 0 Å². The SMILES string of the molecule is Cc1nccc(N[C@H](C)c2ncccc2F)n1. The van der Waals surface area contributed by atoms with Gasteiger partial charge in [0.1, 0.15) is 17.5 Å². The van der Waals surface area contributed by atoms with Crippen LogP contribution in [0.2, 0.25) is 0 Å². The Morgan fingerprint density at radius 2 is 2.06 bits per heavy atom. The summed E-state index contributed by atoms with van der Waals surface area (Å²) in [6.45, 7) is 3.64. The molecule has 4 nitrogen and oxygen atoms in total. The minimum absolute atomic E-state index is 0.245. The fourth-order valence-electron chi connectivity index (χ4n) is 1.54. The number of halogens is 1. The summed E-state index contributed by atoms with van der Waals surface area (Å²) in [6, 6.07) is 4.46. The van der Waals surface area contributed by atoms with Crippen molar-refractivity contribution in [1.29, 1.82) is 0 Å². The molecule has 1 atom stereocenters. The smallest absolute Gasteiger partial charge is 0.146 e. The van der Waals surface area contributed by atoms with Gasteiger partial charge in [0.25, 0.3) is 0 Å². The lowest BCUT2D eigenvalue weighted by Crippen LogP contribution is -2.11. The molecule has 0 bridgehead atoms. The fraction of sp³-hybridized carbons (Fsp3) is 0.250. The van der Waals surface area contributed by atoms with Crippen molar-refractivity contribution in [1.82, 2.24) is 15.0 Å². The average molecular weight is 232 g/mol. The molecule has 2 aromatic rings. The number of pyridine rings is 1. The van der Waals surface area contributed by atoms with Gasteiger partial charge in [0.2, 0.25) is 0 Å². The summed E-state index contributed by atoms with van der Waals surface area (Å²) in [4.78, 5) is 12.2. The van der Waals surface area contributed by atoms with Crippen LogP contribution in [-0.2, 0) is 0 Å². The lowest BCUT2D eigenvalue weighted by atomic mass is 10.2. The number of anilines is 1. The molecule has 17 heavy (non-hydrogen) atoms. The largest absolute Gasteiger partial charge is 0.362 e. The predicted octanol–water partition coefficient (Wildman–Crippen LogP) is 2.49. The van der Waals surface area contributed by atoms with Gasteiger partial charge in [-0.15, -0.1) is 0 Å². The van der Waals surface area contributed by atoms with E-state index in [-0.39, 0.29) is 11.9 Å². The minimum atomic E-state index is -0.321. The highest BCUT2D eigenvalue weighted by Gasteiger charge is 2.12. The summed E-state index contributed by atoms with van der Waals surface area (Å²) >= 11 is 0. The second kappa shape index (κ2) is 4.86. The van der Waals surface area contributed by atoms with E-state index >= 15 is 0 Å². The molecule has 0 radical (unpaired) electrons.